The molecule has 1 aromatic carbocycles. The summed E-state index contributed by atoms with van der Waals surface area (Å²) < 4.78 is 1.01. The van der Waals surface area contributed by atoms with Crippen LogP contribution in [0.3, 0.4) is 0 Å². The molecule has 0 saturated carbocycles. The van der Waals surface area contributed by atoms with Crippen LogP contribution in [0.15, 0.2) is 46.5 Å². The molecule has 5 nitrogen and oxygen atoms in total. The second kappa shape index (κ2) is 7.25. The number of hydrogen-bond acceptors (Lipinski definition) is 4. The molecule has 0 fully saturated rings. The molecule has 7 heteroatoms. The molecule has 0 radical (unpaired) electrons. The number of amides is 1. The molecule has 0 unspecified atom stereocenters. The standard InChI is InChI=1S/C13H13BrN4OS/c1-2-7-15-11(19)8-20-13-16-12(17-18-13)9-3-5-10(14)6-4-9/h2-6H,1,7-8H2,(H,15,19)(H,16,17,18). The molecule has 0 bridgehead atoms. The highest BCUT2D eigenvalue weighted by Crippen LogP contribution is 2.20. The summed E-state index contributed by atoms with van der Waals surface area (Å²) in [5.74, 6) is 0.905. The Kier molecular flexibility index (Phi) is 5.37. The van der Waals surface area contributed by atoms with Gasteiger partial charge < -0.3 is 5.32 Å². The highest BCUT2D eigenvalue weighted by Gasteiger charge is 2.08. The molecule has 0 saturated heterocycles. The van der Waals surface area contributed by atoms with E-state index < -0.39 is 0 Å². The minimum Gasteiger partial charge on any atom is -0.352 e. The van der Waals surface area contributed by atoms with Crippen molar-refractivity contribution in [3.05, 3.63) is 41.4 Å². The molecule has 2 aromatic rings. The lowest BCUT2D eigenvalue weighted by atomic mass is 10.2. The number of halogens is 1. The van der Waals surface area contributed by atoms with Crippen molar-refractivity contribution >= 4 is 33.6 Å². The number of rotatable bonds is 6. The molecule has 0 aliphatic rings. The third-order valence-corrected chi connectivity index (χ3v) is 3.73. The van der Waals surface area contributed by atoms with Gasteiger partial charge in [0.2, 0.25) is 11.1 Å². The number of carbonyl (C=O) groups excluding carboxylic acids is 1. The van der Waals surface area contributed by atoms with Crippen molar-refractivity contribution < 1.29 is 4.79 Å². The first-order valence-corrected chi connectivity index (χ1v) is 7.65. The number of carbonyl (C=O) groups is 1. The molecule has 0 aliphatic carbocycles. The van der Waals surface area contributed by atoms with Crippen molar-refractivity contribution in [3.8, 4) is 11.4 Å². The number of nitrogens with zero attached hydrogens (tertiary/aromatic N) is 2. The Labute approximate surface area is 129 Å². The first-order valence-electron chi connectivity index (χ1n) is 5.88. The number of aromatic nitrogens is 3. The van der Waals surface area contributed by atoms with Crippen LogP contribution in [0.1, 0.15) is 0 Å². The first-order chi connectivity index (χ1) is 9.69. The second-order valence-electron chi connectivity index (χ2n) is 3.85. The number of H-pyrrole nitrogens is 1. The highest BCUT2D eigenvalue weighted by atomic mass is 79.9. The summed E-state index contributed by atoms with van der Waals surface area (Å²) in [6.07, 6.45) is 1.64. The normalized spacial score (nSPS) is 10.2. The molecule has 2 N–H and O–H groups in total. The predicted molar refractivity (Wildman–Crippen MR) is 83.4 cm³/mol. The lowest BCUT2D eigenvalue weighted by molar-refractivity contribution is -0.118. The minimum absolute atomic E-state index is 0.0649. The average Bonchev–Trinajstić information content (AvgIpc) is 2.92. The Hall–Kier alpha value is -1.60. The van der Waals surface area contributed by atoms with Crippen molar-refractivity contribution in [2.45, 2.75) is 5.16 Å². The molecule has 104 valence electrons. The predicted octanol–water partition coefficient (Wildman–Crippen LogP) is 2.63. The Balaban J connectivity index is 1.94. The molecule has 0 aliphatic heterocycles. The molecule has 0 spiro atoms. The SMILES string of the molecule is C=CCNC(=O)CSc1n[nH]c(-c2ccc(Br)cc2)n1. The van der Waals surface area contributed by atoms with Crippen LogP contribution in [0.5, 0.6) is 0 Å². The summed E-state index contributed by atoms with van der Waals surface area (Å²) in [5.41, 5.74) is 0.948. The fraction of sp³-hybridized carbons (Fsp3) is 0.154. The van der Waals surface area contributed by atoms with Gasteiger partial charge in [-0.15, -0.1) is 11.7 Å². The van der Waals surface area contributed by atoms with E-state index in [9.17, 15) is 4.79 Å². The first kappa shape index (κ1) is 14.8. The molecular weight excluding hydrogens is 340 g/mol. The van der Waals surface area contributed by atoms with Crippen LogP contribution in [0.25, 0.3) is 11.4 Å². The lowest BCUT2D eigenvalue weighted by Crippen LogP contribution is -2.24. The van der Waals surface area contributed by atoms with Crippen molar-refractivity contribution in [1.29, 1.82) is 0 Å². The minimum atomic E-state index is -0.0649. The van der Waals surface area contributed by atoms with Gasteiger partial charge in [-0.3, -0.25) is 9.89 Å². The van der Waals surface area contributed by atoms with Crippen LogP contribution in [0, 0.1) is 0 Å². The van der Waals surface area contributed by atoms with Crippen LogP contribution >= 0.6 is 27.7 Å². The fourth-order valence-electron chi connectivity index (χ4n) is 1.41. The van der Waals surface area contributed by atoms with Gasteiger partial charge in [-0.25, -0.2) is 4.98 Å². The van der Waals surface area contributed by atoms with Crippen molar-refractivity contribution in [2.75, 3.05) is 12.3 Å². The Morgan fingerprint density at radius 2 is 2.20 bits per heavy atom. The van der Waals surface area contributed by atoms with Crippen LogP contribution in [0.2, 0.25) is 0 Å². The Morgan fingerprint density at radius 3 is 2.90 bits per heavy atom. The van der Waals surface area contributed by atoms with Gasteiger partial charge in [0.15, 0.2) is 5.82 Å². The molecule has 1 heterocycles. The van der Waals surface area contributed by atoms with Gasteiger partial charge in [0.05, 0.1) is 5.75 Å². The maximum Gasteiger partial charge on any atom is 0.230 e. The molecule has 1 aromatic heterocycles. The summed E-state index contributed by atoms with van der Waals surface area (Å²) in [7, 11) is 0. The monoisotopic (exact) mass is 352 g/mol. The van der Waals surface area contributed by atoms with Crippen molar-refractivity contribution in [2.24, 2.45) is 0 Å². The Bertz CT molecular complexity index is 597. The number of nitrogens with one attached hydrogen (secondary N) is 2. The van der Waals surface area contributed by atoms with Gasteiger partial charge in [-0.1, -0.05) is 45.9 Å². The van der Waals surface area contributed by atoms with E-state index in [2.05, 4.69) is 43.0 Å². The van der Waals surface area contributed by atoms with Gasteiger partial charge in [0, 0.05) is 16.6 Å². The van der Waals surface area contributed by atoms with Gasteiger partial charge in [0.25, 0.3) is 0 Å². The van der Waals surface area contributed by atoms with E-state index >= 15 is 0 Å². The molecule has 1 amide bonds. The molecule has 20 heavy (non-hydrogen) atoms. The highest BCUT2D eigenvalue weighted by molar-refractivity contribution is 9.10. The van der Waals surface area contributed by atoms with E-state index in [-0.39, 0.29) is 11.7 Å². The maximum atomic E-state index is 11.4. The van der Waals surface area contributed by atoms with E-state index in [1.807, 2.05) is 24.3 Å². The van der Waals surface area contributed by atoms with E-state index in [1.165, 1.54) is 11.8 Å². The zero-order valence-corrected chi connectivity index (χ0v) is 13.0. The zero-order valence-electron chi connectivity index (χ0n) is 10.6. The topological polar surface area (TPSA) is 70.7 Å². The van der Waals surface area contributed by atoms with Crippen molar-refractivity contribution in [3.63, 3.8) is 0 Å². The van der Waals surface area contributed by atoms with Crippen LogP contribution in [-0.2, 0) is 4.79 Å². The van der Waals surface area contributed by atoms with E-state index in [4.69, 9.17) is 0 Å². The number of thioether (sulfide) groups is 1. The quantitative estimate of drug-likeness (QED) is 0.619. The molecule has 0 atom stereocenters. The van der Waals surface area contributed by atoms with Crippen LogP contribution < -0.4 is 5.32 Å². The average molecular weight is 353 g/mol. The Morgan fingerprint density at radius 1 is 1.45 bits per heavy atom. The zero-order chi connectivity index (χ0) is 14.4. The largest absolute Gasteiger partial charge is 0.352 e. The summed E-state index contributed by atoms with van der Waals surface area (Å²) in [5, 5.41) is 10.2. The smallest absolute Gasteiger partial charge is 0.230 e. The van der Waals surface area contributed by atoms with Crippen molar-refractivity contribution in [1.82, 2.24) is 20.5 Å². The van der Waals surface area contributed by atoms with Crippen LogP contribution in [0.4, 0.5) is 0 Å². The number of benzene rings is 1. The second-order valence-corrected chi connectivity index (χ2v) is 5.71. The van der Waals surface area contributed by atoms with Gasteiger partial charge in [0.1, 0.15) is 0 Å². The molecular formula is C13H13BrN4OS. The summed E-state index contributed by atoms with van der Waals surface area (Å²) in [6, 6.07) is 7.76. The fourth-order valence-corrected chi connectivity index (χ4v) is 2.31. The third-order valence-electron chi connectivity index (χ3n) is 2.36. The summed E-state index contributed by atoms with van der Waals surface area (Å²) in [4.78, 5) is 15.8. The summed E-state index contributed by atoms with van der Waals surface area (Å²) >= 11 is 4.67. The van der Waals surface area contributed by atoms with E-state index in [1.54, 1.807) is 6.08 Å². The third kappa shape index (κ3) is 4.21. The lowest BCUT2D eigenvalue weighted by Gasteiger charge is -1.99. The maximum absolute atomic E-state index is 11.4. The van der Waals surface area contributed by atoms with Gasteiger partial charge in [-0.05, 0) is 12.1 Å². The van der Waals surface area contributed by atoms with Gasteiger partial charge in [-0.2, -0.15) is 0 Å². The van der Waals surface area contributed by atoms with E-state index in [0.29, 0.717) is 17.5 Å². The van der Waals surface area contributed by atoms with Crippen LogP contribution in [-0.4, -0.2) is 33.4 Å². The van der Waals surface area contributed by atoms with Gasteiger partial charge >= 0.3 is 0 Å². The van der Waals surface area contributed by atoms with E-state index in [0.717, 1.165) is 10.0 Å². The number of hydrogen-bond donors (Lipinski definition) is 2. The number of aromatic amines is 1. The summed E-state index contributed by atoms with van der Waals surface area (Å²) in [6.45, 7) is 4.01. The molecule has 2 rings (SSSR count).